The van der Waals surface area contributed by atoms with Crippen LogP contribution in [0.4, 0.5) is 5.82 Å². The van der Waals surface area contributed by atoms with Crippen molar-refractivity contribution in [3.8, 4) is 0 Å². The molecule has 0 aromatic carbocycles. The van der Waals surface area contributed by atoms with Crippen LogP contribution in [-0.2, 0) is 5.41 Å². The fraction of sp³-hybridized carbons (Fsp3) is 0.647. The molecule has 118 valence electrons. The van der Waals surface area contributed by atoms with Gasteiger partial charge in [-0.15, -0.1) is 0 Å². The van der Waals surface area contributed by atoms with Crippen LogP contribution in [0.5, 0.6) is 0 Å². The molecule has 0 aliphatic carbocycles. The molecule has 0 aliphatic rings. The van der Waals surface area contributed by atoms with E-state index in [9.17, 15) is 9.90 Å². The van der Waals surface area contributed by atoms with Crippen LogP contribution in [0, 0.1) is 11.3 Å². The van der Waals surface area contributed by atoms with Crippen molar-refractivity contribution in [3.63, 3.8) is 0 Å². The summed E-state index contributed by atoms with van der Waals surface area (Å²) in [6, 6.07) is 3.26. The van der Waals surface area contributed by atoms with Crippen LogP contribution in [-0.4, -0.2) is 22.6 Å². The molecule has 0 saturated carbocycles. The SMILES string of the molecule is CC(CNc1cc(C(=O)O)cc(C(C)(C)C)n1)C(C)(C)C. The molecule has 21 heavy (non-hydrogen) atoms. The quantitative estimate of drug-likeness (QED) is 0.874. The number of aromatic carboxylic acids is 1. The third kappa shape index (κ3) is 5.03. The van der Waals surface area contributed by atoms with Gasteiger partial charge in [0.25, 0.3) is 0 Å². The summed E-state index contributed by atoms with van der Waals surface area (Å²) in [4.78, 5) is 15.8. The standard InChI is InChI=1S/C17H28N2O2/c1-11(16(2,3)4)10-18-14-9-12(15(20)21)8-13(19-14)17(5,6)7/h8-9,11H,10H2,1-7H3,(H,18,19)(H,20,21). The Morgan fingerprint density at radius 2 is 1.81 bits per heavy atom. The maximum atomic E-state index is 11.3. The number of carboxylic acid groups (broad SMARTS) is 1. The Bertz CT molecular complexity index is 511. The van der Waals surface area contributed by atoms with Gasteiger partial charge in [0, 0.05) is 17.7 Å². The predicted molar refractivity (Wildman–Crippen MR) is 87.0 cm³/mol. The fourth-order valence-corrected chi connectivity index (χ4v) is 1.69. The summed E-state index contributed by atoms with van der Waals surface area (Å²) in [6.07, 6.45) is 0. The zero-order valence-electron chi connectivity index (χ0n) is 14.2. The molecule has 0 spiro atoms. The summed E-state index contributed by atoms with van der Waals surface area (Å²) in [6.45, 7) is 15.6. The van der Waals surface area contributed by atoms with E-state index in [0.717, 1.165) is 12.2 Å². The molecule has 4 heteroatoms. The van der Waals surface area contributed by atoms with E-state index >= 15 is 0 Å². The van der Waals surface area contributed by atoms with E-state index in [1.165, 1.54) is 0 Å². The molecule has 1 atom stereocenters. The number of hydrogen-bond donors (Lipinski definition) is 2. The van der Waals surface area contributed by atoms with E-state index in [2.05, 4.69) is 38.0 Å². The number of carboxylic acids is 1. The second-order valence-electron chi connectivity index (χ2n) is 7.83. The van der Waals surface area contributed by atoms with Crippen LogP contribution in [0.3, 0.4) is 0 Å². The Hall–Kier alpha value is -1.58. The zero-order valence-corrected chi connectivity index (χ0v) is 14.2. The number of anilines is 1. The van der Waals surface area contributed by atoms with Crippen LogP contribution in [0.15, 0.2) is 12.1 Å². The minimum atomic E-state index is -0.921. The molecular formula is C17H28N2O2. The molecule has 1 aromatic rings. The molecule has 0 saturated heterocycles. The van der Waals surface area contributed by atoms with Gasteiger partial charge in [-0.05, 0) is 23.5 Å². The average Bonchev–Trinajstić information content (AvgIpc) is 2.33. The van der Waals surface area contributed by atoms with Gasteiger partial charge in [-0.3, -0.25) is 0 Å². The van der Waals surface area contributed by atoms with Crippen molar-refractivity contribution in [1.82, 2.24) is 4.98 Å². The first-order chi connectivity index (χ1) is 9.41. The van der Waals surface area contributed by atoms with Gasteiger partial charge in [-0.1, -0.05) is 48.5 Å². The molecule has 0 amide bonds. The zero-order chi connectivity index (χ0) is 16.4. The second-order valence-corrected chi connectivity index (χ2v) is 7.83. The Balaban J connectivity index is 3.02. The molecular weight excluding hydrogens is 264 g/mol. The lowest BCUT2D eigenvalue weighted by molar-refractivity contribution is 0.0696. The van der Waals surface area contributed by atoms with Crippen LogP contribution in [0.25, 0.3) is 0 Å². The van der Waals surface area contributed by atoms with Gasteiger partial charge in [0.1, 0.15) is 5.82 Å². The summed E-state index contributed by atoms with van der Waals surface area (Å²) in [7, 11) is 0. The summed E-state index contributed by atoms with van der Waals surface area (Å²) >= 11 is 0. The number of nitrogens with zero attached hydrogens (tertiary/aromatic N) is 1. The third-order valence-corrected chi connectivity index (χ3v) is 3.91. The third-order valence-electron chi connectivity index (χ3n) is 3.91. The normalized spacial score (nSPS) is 13.9. The molecule has 1 aromatic heterocycles. The number of pyridine rings is 1. The van der Waals surface area contributed by atoms with Gasteiger partial charge in [0.15, 0.2) is 0 Å². The Labute approximate surface area is 128 Å². The highest BCUT2D eigenvalue weighted by atomic mass is 16.4. The molecule has 2 N–H and O–H groups in total. The van der Waals surface area contributed by atoms with Gasteiger partial charge in [0.2, 0.25) is 0 Å². The number of rotatable bonds is 4. The van der Waals surface area contributed by atoms with Crippen LogP contribution in [0.2, 0.25) is 0 Å². The molecule has 0 bridgehead atoms. The number of carbonyl (C=O) groups is 1. The van der Waals surface area contributed by atoms with Gasteiger partial charge < -0.3 is 10.4 Å². The maximum Gasteiger partial charge on any atom is 0.335 e. The highest BCUT2D eigenvalue weighted by Crippen LogP contribution is 2.27. The van der Waals surface area contributed by atoms with E-state index in [0.29, 0.717) is 11.7 Å². The van der Waals surface area contributed by atoms with E-state index in [-0.39, 0.29) is 16.4 Å². The lowest BCUT2D eigenvalue weighted by Gasteiger charge is -2.28. The largest absolute Gasteiger partial charge is 0.478 e. The first kappa shape index (κ1) is 17.5. The van der Waals surface area contributed by atoms with Crippen molar-refractivity contribution < 1.29 is 9.90 Å². The topological polar surface area (TPSA) is 62.2 Å². The second kappa shape index (κ2) is 6.04. The molecule has 0 radical (unpaired) electrons. The monoisotopic (exact) mass is 292 g/mol. The van der Waals surface area contributed by atoms with Gasteiger partial charge >= 0.3 is 5.97 Å². The minimum absolute atomic E-state index is 0.183. The van der Waals surface area contributed by atoms with E-state index in [1.807, 2.05) is 20.8 Å². The predicted octanol–water partition coefficient (Wildman–Crippen LogP) is 4.17. The average molecular weight is 292 g/mol. The minimum Gasteiger partial charge on any atom is -0.478 e. The van der Waals surface area contributed by atoms with Gasteiger partial charge in [0.05, 0.1) is 5.56 Å². The van der Waals surface area contributed by atoms with Gasteiger partial charge in [-0.2, -0.15) is 0 Å². The van der Waals surface area contributed by atoms with Crippen LogP contribution < -0.4 is 5.32 Å². The van der Waals surface area contributed by atoms with Crippen molar-refractivity contribution in [2.75, 3.05) is 11.9 Å². The molecule has 1 heterocycles. The lowest BCUT2D eigenvalue weighted by Crippen LogP contribution is -2.25. The number of hydrogen-bond acceptors (Lipinski definition) is 3. The van der Waals surface area contributed by atoms with Gasteiger partial charge in [-0.25, -0.2) is 9.78 Å². The van der Waals surface area contributed by atoms with Crippen molar-refractivity contribution in [2.24, 2.45) is 11.3 Å². The highest BCUT2D eigenvalue weighted by Gasteiger charge is 2.21. The summed E-state index contributed by atoms with van der Waals surface area (Å²) in [5.41, 5.74) is 1.08. The summed E-state index contributed by atoms with van der Waals surface area (Å²) in [5.74, 6) is 0.164. The number of nitrogens with one attached hydrogen (secondary N) is 1. The van der Waals surface area contributed by atoms with Crippen LogP contribution in [0.1, 0.15) is 64.5 Å². The van der Waals surface area contributed by atoms with E-state index in [1.54, 1.807) is 12.1 Å². The Morgan fingerprint density at radius 1 is 1.24 bits per heavy atom. The van der Waals surface area contributed by atoms with Crippen molar-refractivity contribution in [2.45, 2.75) is 53.9 Å². The molecule has 1 rings (SSSR count). The first-order valence-electron chi connectivity index (χ1n) is 7.41. The maximum absolute atomic E-state index is 11.3. The molecule has 4 nitrogen and oxygen atoms in total. The first-order valence-corrected chi connectivity index (χ1v) is 7.41. The summed E-state index contributed by atoms with van der Waals surface area (Å²) in [5, 5.41) is 12.5. The molecule has 0 aliphatic heterocycles. The lowest BCUT2D eigenvalue weighted by atomic mass is 9.82. The molecule has 1 unspecified atom stereocenters. The van der Waals surface area contributed by atoms with Crippen molar-refractivity contribution >= 4 is 11.8 Å². The van der Waals surface area contributed by atoms with E-state index < -0.39 is 5.97 Å². The smallest absolute Gasteiger partial charge is 0.335 e. The number of aromatic nitrogens is 1. The Kier molecular flexibility index (Phi) is 5.03. The highest BCUT2D eigenvalue weighted by molar-refractivity contribution is 5.88. The molecule has 0 fully saturated rings. The van der Waals surface area contributed by atoms with Crippen molar-refractivity contribution in [1.29, 1.82) is 0 Å². The van der Waals surface area contributed by atoms with E-state index in [4.69, 9.17) is 0 Å². The fourth-order valence-electron chi connectivity index (χ4n) is 1.69. The van der Waals surface area contributed by atoms with Crippen molar-refractivity contribution in [3.05, 3.63) is 23.4 Å². The summed E-state index contributed by atoms with van der Waals surface area (Å²) < 4.78 is 0. The van der Waals surface area contributed by atoms with Crippen LogP contribution >= 0.6 is 0 Å². The Morgan fingerprint density at radius 3 is 2.24 bits per heavy atom.